The summed E-state index contributed by atoms with van der Waals surface area (Å²) in [4.78, 5) is 6.82. The van der Waals surface area contributed by atoms with E-state index in [1.165, 1.54) is 25.8 Å². The van der Waals surface area contributed by atoms with E-state index in [2.05, 4.69) is 21.3 Å². The first-order chi connectivity index (χ1) is 8.35. The zero-order valence-corrected chi connectivity index (χ0v) is 9.76. The lowest BCUT2D eigenvalue weighted by atomic mass is 10.2. The van der Waals surface area contributed by atoms with Crippen molar-refractivity contribution < 1.29 is 0 Å². The van der Waals surface area contributed by atoms with Crippen LogP contribution in [0.1, 0.15) is 24.8 Å². The monoisotopic (exact) mass is 228 g/mol. The molecule has 0 aromatic carbocycles. The van der Waals surface area contributed by atoms with Crippen LogP contribution in [0, 0.1) is 11.3 Å². The van der Waals surface area contributed by atoms with E-state index in [0.717, 1.165) is 18.4 Å². The van der Waals surface area contributed by atoms with Crippen LogP contribution in [0.5, 0.6) is 0 Å². The number of nitrogens with zero attached hydrogens (tertiary/aromatic N) is 3. The van der Waals surface area contributed by atoms with Gasteiger partial charge in [-0.05, 0) is 31.4 Å². The van der Waals surface area contributed by atoms with Crippen molar-refractivity contribution in [2.45, 2.75) is 31.3 Å². The number of hydrogen-bond acceptors (Lipinski definition) is 4. The van der Waals surface area contributed by atoms with E-state index in [1.807, 2.05) is 12.1 Å². The SMILES string of the molecule is N#Cc1ccc(NC2CCN(C3CC3)C2)nc1. The Morgan fingerprint density at radius 3 is 2.88 bits per heavy atom. The van der Waals surface area contributed by atoms with Gasteiger partial charge in [0.15, 0.2) is 0 Å². The Kier molecular flexibility index (Phi) is 2.69. The molecular weight excluding hydrogens is 212 g/mol. The largest absolute Gasteiger partial charge is 0.366 e. The minimum Gasteiger partial charge on any atom is -0.366 e. The van der Waals surface area contributed by atoms with Gasteiger partial charge < -0.3 is 5.32 Å². The number of nitriles is 1. The Morgan fingerprint density at radius 1 is 1.35 bits per heavy atom. The van der Waals surface area contributed by atoms with Gasteiger partial charge in [0.2, 0.25) is 0 Å². The predicted molar refractivity (Wildman–Crippen MR) is 65.6 cm³/mol. The number of hydrogen-bond donors (Lipinski definition) is 1. The maximum Gasteiger partial charge on any atom is 0.126 e. The van der Waals surface area contributed by atoms with Crippen LogP contribution in [-0.4, -0.2) is 35.1 Å². The van der Waals surface area contributed by atoms with Gasteiger partial charge in [-0.3, -0.25) is 4.90 Å². The minimum absolute atomic E-state index is 0.510. The highest BCUT2D eigenvalue weighted by atomic mass is 15.2. The molecule has 1 aliphatic heterocycles. The number of nitrogens with one attached hydrogen (secondary N) is 1. The normalized spacial score (nSPS) is 24.5. The summed E-state index contributed by atoms with van der Waals surface area (Å²) in [5.74, 6) is 0.881. The maximum absolute atomic E-state index is 8.70. The van der Waals surface area contributed by atoms with Crippen molar-refractivity contribution >= 4 is 5.82 Å². The van der Waals surface area contributed by atoms with Gasteiger partial charge in [0.05, 0.1) is 5.56 Å². The summed E-state index contributed by atoms with van der Waals surface area (Å²) < 4.78 is 0. The number of rotatable bonds is 3. The van der Waals surface area contributed by atoms with E-state index in [-0.39, 0.29) is 0 Å². The first-order valence-electron chi connectivity index (χ1n) is 6.22. The summed E-state index contributed by atoms with van der Waals surface area (Å²) in [6.07, 6.45) is 5.57. The van der Waals surface area contributed by atoms with Crippen molar-refractivity contribution in [1.82, 2.24) is 9.88 Å². The van der Waals surface area contributed by atoms with Crippen LogP contribution < -0.4 is 5.32 Å². The molecule has 1 N–H and O–H groups in total. The van der Waals surface area contributed by atoms with Crippen LogP contribution in [0.15, 0.2) is 18.3 Å². The summed E-state index contributed by atoms with van der Waals surface area (Å²) in [5, 5.41) is 12.1. The fraction of sp³-hybridized carbons (Fsp3) is 0.538. The molecule has 1 unspecified atom stereocenters. The van der Waals surface area contributed by atoms with Gasteiger partial charge >= 0.3 is 0 Å². The van der Waals surface area contributed by atoms with Gasteiger partial charge in [0.1, 0.15) is 11.9 Å². The Labute approximate surface area is 101 Å². The van der Waals surface area contributed by atoms with E-state index < -0.39 is 0 Å². The highest BCUT2D eigenvalue weighted by Gasteiger charge is 2.34. The molecule has 1 aromatic heterocycles. The topological polar surface area (TPSA) is 52.0 Å². The average molecular weight is 228 g/mol. The van der Waals surface area contributed by atoms with Gasteiger partial charge in [-0.1, -0.05) is 0 Å². The fourth-order valence-corrected chi connectivity index (χ4v) is 2.43. The van der Waals surface area contributed by atoms with Crippen molar-refractivity contribution in [3.63, 3.8) is 0 Å². The lowest BCUT2D eigenvalue weighted by molar-refractivity contribution is 0.326. The van der Waals surface area contributed by atoms with E-state index in [9.17, 15) is 0 Å². The standard InChI is InChI=1S/C13H16N4/c14-7-10-1-4-13(15-8-10)16-11-5-6-17(9-11)12-2-3-12/h1,4,8,11-12H,2-3,5-6,9H2,(H,15,16). The van der Waals surface area contributed by atoms with Crippen LogP contribution in [-0.2, 0) is 0 Å². The quantitative estimate of drug-likeness (QED) is 0.853. The fourth-order valence-electron chi connectivity index (χ4n) is 2.43. The number of pyridine rings is 1. The third-order valence-corrected chi connectivity index (χ3v) is 3.53. The molecular formula is C13H16N4. The van der Waals surface area contributed by atoms with E-state index >= 15 is 0 Å². The highest BCUT2D eigenvalue weighted by Crippen LogP contribution is 2.30. The Morgan fingerprint density at radius 2 is 2.24 bits per heavy atom. The molecule has 0 radical (unpaired) electrons. The molecule has 2 heterocycles. The first-order valence-corrected chi connectivity index (χ1v) is 6.22. The highest BCUT2D eigenvalue weighted by molar-refractivity contribution is 5.40. The van der Waals surface area contributed by atoms with Gasteiger partial charge in [0, 0.05) is 31.4 Å². The molecule has 0 bridgehead atoms. The summed E-state index contributed by atoms with van der Waals surface area (Å²) >= 11 is 0. The molecule has 1 aliphatic carbocycles. The number of anilines is 1. The molecule has 2 aliphatic rings. The molecule has 1 saturated heterocycles. The van der Waals surface area contributed by atoms with Gasteiger partial charge in [-0.2, -0.15) is 5.26 Å². The molecule has 2 fully saturated rings. The number of likely N-dealkylation sites (tertiary alicyclic amines) is 1. The molecule has 17 heavy (non-hydrogen) atoms. The zero-order valence-electron chi connectivity index (χ0n) is 9.76. The van der Waals surface area contributed by atoms with Gasteiger partial charge in [-0.15, -0.1) is 0 Å². The van der Waals surface area contributed by atoms with Crippen molar-refractivity contribution in [2.24, 2.45) is 0 Å². The second-order valence-corrected chi connectivity index (χ2v) is 4.90. The van der Waals surface area contributed by atoms with E-state index in [4.69, 9.17) is 5.26 Å². The summed E-state index contributed by atoms with van der Waals surface area (Å²) in [7, 11) is 0. The van der Waals surface area contributed by atoms with Gasteiger partial charge in [-0.25, -0.2) is 4.98 Å². The lowest BCUT2D eigenvalue weighted by Gasteiger charge is -2.16. The molecule has 1 atom stereocenters. The second-order valence-electron chi connectivity index (χ2n) is 4.90. The zero-order chi connectivity index (χ0) is 11.7. The Bertz CT molecular complexity index is 430. The van der Waals surface area contributed by atoms with Crippen LogP contribution in [0.3, 0.4) is 0 Å². The third-order valence-electron chi connectivity index (χ3n) is 3.53. The third kappa shape index (κ3) is 2.40. The van der Waals surface area contributed by atoms with Crippen LogP contribution in [0.4, 0.5) is 5.82 Å². The molecule has 4 nitrogen and oxygen atoms in total. The van der Waals surface area contributed by atoms with Crippen molar-refractivity contribution in [1.29, 1.82) is 5.26 Å². The summed E-state index contributed by atoms with van der Waals surface area (Å²) in [6.45, 7) is 2.34. The molecule has 4 heteroatoms. The lowest BCUT2D eigenvalue weighted by Crippen LogP contribution is -2.27. The minimum atomic E-state index is 0.510. The molecule has 88 valence electrons. The molecule has 0 spiro atoms. The van der Waals surface area contributed by atoms with Gasteiger partial charge in [0.25, 0.3) is 0 Å². The molecule has 1 saturated carbocycles. The van der Waals surface area contributed by atoms with E-state index in [1.54, 1.807) is 6.20 Å². The van der Waals surface area contributed by atoms with Crippen LogP contribution >= 0.6 is 0 Å². The molecule has 0 amide bonds. The second kappa shape index (κ2) is 4.34. The molecule has 1 aromatic rings. The summed E-state index contributed by atoms with van der Waals surface area (Å²) in [5.41, 5.74) is 0.613. The predicted octanol–water partition coefficient (Wildman–Crippen LogP) is 1.60. The first kappa shape index (κ1) is 10.5. The molecule has 3 rings (SSSR count). The summed E-state index contributed by atoms with van der Waals surface area (Å²) in [6, 6.07) is 7.14. The van der Waals surface area contributed by atoms with Crippen LogP contribution in [0.25, 0.3) is 0 Å². The Balaban J connectivity index is 1.57. The maximum atomic E-state index is 8.70. The van der Waals surface area contributed by atoms with Crippen molar-refractivity contribution in [3.8, 4) is 6.07 Å². The number of aromatic nitrogens is 1. The van der Waals surface area contributed by atoms with Crippen LogP contribution in [0.2, 0.25) is 0 Å². The Hall–Kier alpha value is -1.60. The van der Waals surface area contributed by atoms with E-state index in [0.29, 0.717) is 11.6 Å². The van der Waals surface area contributed by atoms with Crippen molar-refractivity contribution in [2.75, 3.05) is 18.4 Å². The van der Waals surface area contributed by atoms with Crippen molar-refractivity contribution in [3.05, 3.63) is 23.9 Å². The smallest absolute Gasteiger partial charge is 0.126 e. The average Bonchev–Trinajstić information content (AvgIpc) is 3.12.